The van der Waals surface area contributed by atoms with Crippen molar-refractivity contribution in [2.45, 2.75) is 50.7 Å². The predicted molar refractivity (Wildman–Crippen MR) is 165 cm³/mol. The van der Waals surface area contributed by atoms with Gasteiger partial charge in [-0.25, -0.2) is 0 Å². The third kappa shape index (κ3) is 6.81. The molecule has 0 aliphatic carbocycles. The van der Waals surface area contributed by atoms with Gasteiger partial charge in [0.15, 0.2) is 11.5 Å². The van der Waals surface area contributed by atoms with Crippen LogP contribution < -0.4 is 19.9 Å². The first-order chi connectivity index (χ1) is 22.5. The monoisotopic (exact) mass is 647 g/mol. The first-order valence-corrected chi connectivity index (χ1v) is 15.1. The van der Waals surface area contributed by atoms with Crippen molar-refractivity contribution in [2.24, 2.45) is 5.73 Å². The van der Waals surface area contributed by atoms with E-state index in [0.717, 1.165) is 28.5 Å². The summed E-state index contributed by atoms with van der Waals surface area (Å²) in [5.74, 6) is -1.35. The van der Waals surface area contributed by atoms with Crippen LogP contribution in [0.25, 0.3) is 10.8 Å². The van der Waals surface area contributed by atoms with E-state index in [9.17, 15) is 27.6 Å². The van der Waals surface area contributed by atoms with Gasteiger partial charge in [-0.3, -0.25) is 14.4 Å². The normalized spacial score (nSPS) is 18.6. The van der Waals surface area contributed by atoms with E-state index in [0.29, 0.717) is 17.1 Å². The first kappa shape index (κ1) is 31.7. The number of hydrogen-bond donors (Lipinski definition) is 1. The minimum atomic E-state index is -4.98. The average molecular weight is 648 g/mol. The molecule has 0 bridgehead atoms. The number of nitrogens with two attached hydrogens (primary N) is 1. The van der Waals surface area contributed by atoms with Gasteiger partial charge in [0.2, 0.25) is 18.6 Å². The molecule has 0 spiro atoms. The molecule has 0 radical (unpaired) electrons. The number of hydrogen-bond acceptors (Lipinski definition) is 6. The summed E-state index contributed by atoms with van der Waals surface area (Å²) < 4.78 is 54.6. The fourth-order valence-electron chi connectivity index (χ4n) is 6.35. The van der Waals surface area contributed by atoms with Crippen LogP contribution in [0.15, 0.2) is 84.9 Å². The number of primary amides is 1. The van der Waals surface area contributed by atoms with Crippen molar-refractivity contribution in [1.82, 2.24) is 9.80 Å². The van der Waals surface area contributed by atoms with Crippen LogP contribution in [-0.2, 0) is 27.2 Å². The maximum absolute atomic E-state index is 14.6. The Hall–Kier alpha value is -5.26. The lowest BCUT2D eigenvalue weighted by molar-refractivity contribution is -0.274. The Morgan fingerprint density at radius 1 is 0.979 bits per heavy atom. The summed E-state index contributed by atoms with van der Waals surface area (Å²) in [5.41, 5.74) is 7.44. The second-order valence-electron chi connectivity index (χ2n) is 11.6. The number of ether oxygens (including phenoxy) is 3. The van der Waals surface area contributed by atoms with Crippen molar-refractivity contribution in [3.05, 3.63) is 102 Å². The van der Waals surface area contributed by atoms with Crippen molar-refractivity contribution >= 4 is 28.5 Å². The highest BCUT2D eigenvalue weighted by Crippen LogP contribution is 2.36. The fraction of sp³-hybridized carbons (Fsp3) is 0.286. The summed E-state index contributed by atoms with van der Waals surface area (Å²) in [4.78, 5) is 44.5. The van der Waals surface area contributed by atoms with Crippen molar-refractivity contribution in [3.63, 3.8) is 0 Å². The summed E-state index contributed by atoms with van der Waals surface area (Å²) in [6.45, 7) is 1.90. The fourth-order valence-corrected chi connectivity index (χ4v) is 6.35. The summed E-state index contributed by atoms with van der Waals surface area (Å²) in [6, 6.07) is 20.3. The zero-order valence-electron chi connectivity index (χ0n) is 25.4. The van der Waals surface area contributed by atoms with Crippen LogP contribution in [0.1, 0.15) is 36.1 Å². The zero-order valence-corrected chi connectivity index (χ0v) is 25.4. The molecule has 4 aromatic carbocycles. The van der Waals surface area contributed by atoms with Crippen LogP contribution in [0.2, 0.25) is 0 Å². The number of alkyl halides is 3. The van der Waals surface area contributed by atoms with Gasteiger partial charge in [-0.1, -0.05) is 60.7 Å². The van der Waals surface area contributed by atoms with E-state index in [-0.39, 0.29) is 38.2 Å². The van der Waals surface area contributed by atoms with Crippen molar-refractivity contribution < 1.29 is 41.8 Å². The summed E-state index contributed by atoms with van der Waals surface area (Å²) in [5, 5.41) is 1.84. The number of carbonyl (C=O) groups excluding carboxylic acids is 3. The standard InChI is InChI=1S/C35H32F3N3O6/c1-21-14-15-40(28(33(39)43)19-24-8-4-7-23-6-2-3-11-27(23)24)34(44)32(25-9-5-10-26(18-25)47-35(36,37)38)41(21)31(42)17-22-12-13-29-30(16-22)46-20-45-29/h2-13,16,18,21,28,32H,14-15,17,19-20H2,1H3,(H2,39,43). The van der Waals surface area contributed by atoms with Gasteiger partial charge in [-0.05, 0) is 65.1 Å². The van der Waals surface area contributed by atoms with Crippen molar-refractivity contribution in [2.75, 3.05) is 13.3 Å². The van der Waals surface area contributed by atoms with E-state index < -0.39 is 48.0 Å². The van der Waals surface area contributed by atoms with Gasteiger partial charge in [0.25, 0.3) is 5.91 Å². The number of carbonyl (C=O) groups is 3. The van der Waals surface area contributed by atoms with Crippen molar-refractivity contribution in [3.8, 4) is 17.2 Å². The Morgan fingerprint density at radius 3 is 2.51 bits per heavy atom. The van der Waals surface area contributed by atoms with E-state index >= 15 is 0 Å². The highest BCUT2D eigenvalue weighted by Gasteiger charge is 2.43. The molecule has 0 saturated carbocycles. The van der Waals surface area contributed by atoms with Gasteiger partial charge >= 0.3 is 6.36 Å². The third-order valence-corrected chi connectivity index (χ3v) is 8.54. The molecule has 0 aromatic heterocycles. The minimum Gasteiger partial charge on any atom is -0.454 e. The topological polar surface area (TPSA) is 111 Å². The van der Waals surface area contributed by atoms with Crippen LogP contribution in [0, 0.1) is 0 Å². The van der Waals surface area contributed by atoms with Gasteiger partial charge in [0, 0.05) is 19.0 Å². The van der Waals surface area contributed by atoms with Crippen molar-refractivity contribution in [1.29, 1.82) is 0 Å². The van der Waals surface area contributed by atoms with Crippen LogP contribution >= 0.6 is 0 Å². The van der Waals surface area contributed by atoms with E-state index in [1.165, 1.54) is 21.9 Å². The van der Waals surface area contributed by atoms with Crippen LogP contribution in [0.4, 0.5) is 13.2 Å². The molecule has 3 amide bonds. The number of halogens is 3. The summed E-state index contributed by atoms with van der Waals surface area (Å²) >= 11 is 0. The number of fused-ring (bicyclic) bond motifs is 2. The molecule has 6 rings (SSSR count). The molecule has 47 heavy (non-hydrogen) atoms. The molecule has 1 saturated heterocycles. The van der Waals surface area contributed by atoms with Gasteiger partial charge < -0.3 is 29.7 Å². The first-order valence-electron chi connectivity index (χ1n) is 15.1. The quantitative estimate of drug-likeness (QED) is 0.278. The Labute approximate surface area is 268 Å². The largest absolute Gasteiger partial charge is 0.573 e. The maximum Gasteiger partial charge on any atom is 0.573 e. The van der Waals surface area contributed by atoms with Crippen LogP contribution in [0.5, 0.6) is 17.2 Å². The highest BCUT2D eigenvalue weighted by atomic mass is 19.4. The van der Waals surface area contributed by atoms with Gasteiger partial charge in [-0.15, -0.1) is 13.2 Å². The van der Waals surface area contributed by atoms with Gasteiger partial charge in [0.05, 0.1) is 6.42 Å². The molecular formula is C35H32F3N3O6. The van der Waals surface area contributed by atoms with Gasteiger partial charge in [-0.2, -0.15) is 0 Å². The highest BCUT2D eigenvalue weighted by molar-refractivity contribution is 5.94. The molecule has 3 unspecified atom stereocenters. The SMILES string of the molecule is CC1CCN(C(Cc2cccc3ccccc23)C(N)=O)C(=O)C(c2cccc(OC(F)(F)F)c2)N1C(=O)Cc1ccc2c(c1)OCO2. The lowest BCUT2D eigenvalue weighted by Crippen LogP contribution is -2.52. The average Bonchev–Trinajstić information content (AvgIpc) is 3.45. The van der Waals surface area contributed by atoms with Crippen LogP contribution in [0.3, 0.4) is 0 Å². The van der Waals surface area contributed by atoms with E-state index in [2.05, 4.69) is 4.74 Å². The molecule has 1 fully saturated rings. The zero-order chi connectivity index (χ0) is 33.3. The summed E-state index contributed by atoms with van der Waals surface area (Å²) in [7, 11) is 0. The van der Waals surface area contributed by atoms with Gasteiger partial charge in [0.1, 0.15) is 17.8 Å². The smallest absolute Gasteiger partial charge is 0.454 e. The number of amides is 3. The number of rotatable bonds is 8. The predicted octanol–water partition coefficient (Wildman–Crippen LogP) is 5.30. The molecule has 9 nitrogen and oxygen atoms in total. The Morgan fingerprint density at radius 2 is 1.72 bits per heavy atom. The lowest BCUT2D eigenvalue weighted by atomic mass is 9.96. The number of benzene rings is 4. The third-order valence-electron chi connectivity index (χ3n) is 8.54. The maximum atomic E-state index is 14.6. The Bertz CT molecular complexity index is 1820. The second-order valence-corrected chi connectivity index (χ2v) is 11.6. The minimum absolute atomic E-state index is 0.0540. The lowest BCUT2D eigenvalue weighted by Gasteiger charge is -2.36. The molecule has 4 aromatic rings. The molecule has 3 atom stereocenters. The molecule has 2 aliphatic heterocycles. The molecule has 2 heterocycles. The molecule has 2 N–H and O–H groups in total. The van der Waals surface area contributed by atoms with E-state index in [1.807, 2.05) is 42.5 Å². The van der Waals surface area contributed by atoms with E-state index in [4.69, 9.17) is 15.2 Å². The second kappa shape index (κ2) is 12.9. The summed E-state index contributed by atoms with van der Waals surface area (Å²) in [6.07, 6.45) is -4.71. The van der Waals surface area contributed by atoms with E-state index in [1.54, 1.807) is 25.1 Å². The Balaban J connectivity index is 1.39. The molecule has 244 valence electrons. The Kier molecular flexibility index (Phi) is 8.67. The van der Waals surface area contributed by atoms with Crippen LogP contribution in [-0.4, -0.2) is 59.3 Å². The molecular weight excluding hydrogens is 615 g/mol. The molecule has 2 aliphatic rings. The molecule has 12 heteroatoms. The number of nitrogens with zero attached hydrogens (tertiary/aromatic N) is 2.